The molecule has 3 rings (SSSR count). The minimum Gasteiger partial charge on any atom is -0.493 e. The largest absolute Gasteiger partial charge is 0.493 e. The number of nitrogens with one attached hydrogen (secondary N) is 1. The number of para-hydroxylation sites is 1. The molecule has 0 radical (unpaired) electrons. The van der Waals surface area contributed by atoms with Crippen LogP contribution in [0.3, 0.4) is 0 Å². The summed E-state index contributed by atoms with van der Waals surface area (Å²) in [5.74, 6) is 1.37. The molecule has 0 aliphatic heterocycles. The van der Waals surface area contributed by atoms with Crippen molar-refractivity contribution in [3.05, 3.63) is 87.9 Å². The average molecular weight is 388 g/mol. The lowest BCUT2D eigenvalue weighted by atomic mass is 10.2. The molecule has 134 valence electrons. The first kappa shape index (κ1) is 18.4. The summed E-state index contributed by atoms with van der Waals surface area (Å²) in [6, 6.07) is 21.1. The van der Waals surface area contributed by atoms with Crippen molar-refractivity contribution in [2.24, 2.45) is 0 Å². The summed E-state index contributed by atoms with van der Waals surface area (Å²) in [5.41, 5.74) is 2.97. The smallest absolute Gasteiger partial charge is 0.161 e. The molecule has 26 heavy (non-hydrogen) atoms. The van der Waals surface area contributed by atoms with Gasteiger partial charge in [0.2, 0.25) is 0 Å². The third-order valence-electron chi connectivity index (χ3n) is 3.87. The van der Waals surface area contributed by atoms with Gasteiger partial charge in [-0.3, -0.25) is 0 Å². The Labute approximate surface area is 163 Å². The van der Waals surface area contributed by atoms with E-state index in [1.165, 1.54) is 0 Å². The van der Waals surface area contributed by atoms with Crippen LogP contribution in [0.25, 0.3) is 0 Å². The van der Waals surface area contributed by atoms with Crippen molar-refractivity contribution in [2.75, 3.05) is 12.4 Å². The Kier molecular flexibility index (Phi) is 6.26. The summed E-state index contributed by atoms with van der Waals surface area (Å²) in [6.07, 6.45) is 0. The van der Waals surface area contributed by atoms with Crippen LogP contribution in [0, 0.1) is 0 Å². The van der Waals surface area contributed by atoms with Gasteiger partial charge in [-0.15, -0.1) is 0 Å². The second-order valence-corrected chi connectivity index (χ2v) is 6.58. The highest BCUT2D eigenvalue weighted by Crippen LogP contribution is 2.30. The summed E-state index contributed by atoms with van der Waals surface area (Å²) in [6.45, 7) is 1.06. The Balaban J connectivity index is 1.66. The van der Waals surface area contributed by atoms with Crippen molar-refractivity contribution in [3.8, 4) is 11.5 Å². The number of hydrogen-bond donors (Lipinski definition) is 1. The van der Waals surface area contributed by atoms with E-state index in [4.69, 9.17) is 32.7 Å². The lowest BCUT2D eigenvalue weighted by Gasteiger charge is -2.13. The Bertz CT molecular complexity index is 883. The molecule has 0 fully saturated rings. The molecule has 0 bridgehead atoms. The highest BCUT2D eigenvalue weighted by molar-refractivity contribution is 6.33. The van der Waals surface area contributed by atoms with E-state index in [9.17, 15) is 0 Å². The van der Waals surface area contributed by atoms with Crippen LogP contribution in [-0.4, -0.2) is 7.11 Å². The molecule has 1 N–H and O–H groups in total. The van der Waals surface area contributed by atoms with E-state index in [2.05, 4.69) is 5.32 Å². The predicted octanol–water partition coefficient (Wildman–Crippen LogP) is 6.19. The van der Waals surface area contributed by atoms with Crippen LogP contribution in [0.15, 0.2) is 66.7 Å². The van der Waals surface area contributed by atoms with Crippen LogP contribution in [0.4, 0.5) is 5.69 Å². The molecule has 0 aliphatic rings. The Morgan fingerprint density at radius 1 is 0.846 bits per heavy atom. The highest BCUT2D eigenvalue weighted by atomic mass is 35.5. The summed E-state index contributed by atoms with van der Waals surface area (Å²) < 4.78 is 11.3. The monoisotopic (exact) mass is 387 g/mol. The predicted molar refractivity (Wildman–Crippen MR) is 108 cm³/mol. The zero-order chi connectivity index (χ0) is 18.4. The maximum atomic E-state index is 6.17. The van der Waals surface area contributed by atoms with E-state index in [1.807, 2.05) is 66.7 Å². The van der Waals surface area contributed by atoms with Crippen LogP contribution in [0.2, 0.25) is 10.0 Å². The van der Waals surface area contributed by atoms with Crippen LogP contribution in [0.1, 0.15) is 11.1 Å². The molecule has 0 aromatic heterocycles. The van der Waals surface area contributed by atoms with Crippen molar-refractivity contribution in [3.63, 3.8) is 0 Å². The number of hydrogen-bond acceptors (Lipinski definition) is 3. The van der Waals surface area contributed by atoms with Crippen molar-refractivity contribution in [2.45, 2.75) is 13.2 Å². The summed E-state index contributed by atoms with van der Waals surface area (Å²) in [7, 11) is 1.63. The maximum absolute atomic E-state index is 6.17. The second-order valence-electron chi connectivity index (χ2n) is 5.74. The van der Waals surface area contributed by atoms with Crippen LogP contribution >= 0.6 is 23.2 Å². The fourth-order valence-corrected chi connectivity index (χ4v) is 2.95. The minimum atomic E-state index is 0.425. The fraction of sp³-hybridized carbons (Fsp3) is 0.143. The van der Waals surface area contributed by atoms with Crippen LogP contribution in [-0.2, 0) is 13.2 Å². The molecule has 0 spiro atoms. The Morgan fingerprint density at radius 2 is 1.69 bits per heavy atom. The molecular weight excluding hydrogens is 369 g/mol. The topological polar surface area (TPSA) is 30.5 Å². The van der Waals surface area contributed by atoms with E-state index < -0.39 is 0 Å². The first-order valence-electron chi connectivity index (χ1n) is 8.18. The number of methoxy groups -OCH3 is 1. The van der Waals surface area contributed by atoms with Crippen molar-refractivity contribution in [1.29, 1.82) is 0 Å². The van der Waals surface area contributed by atoms with Gasteiger partial charge >= 0.3 is 0 Å². The molecule has 0 unspecified atom stereocenters. The van der Waals surface area contributed by atoms with Crippen molar-refractivity contribution in [1.82, 2.24) is 0 Å². The quantitative estimate of drug-likeness (QED) is 0.523. The number of ether oxygens (including phenoxy) is 2. The minimum absolute atomic E-state index is 0.425. The molecule has 0 saturated carbocycles. The van der Waals surface area contributed by atoms with Gasteiger partial charge in [-0.2, -0.15) is 0 Å². The number of rotatable bonds is 7. The fourth-order valence-electron chi connectivity index (χ4n) is 2.53. The molecule has 0 saturated heterocycles. The van der Waals surface area contributed by atoms with Crippen molar-refractivity contribution < 1.29 is 9.47 Å². The number of halogens is 2. The first-order valence-corrected chi connectivity index (χ1v) is 8.94. The van der Waals surface area contributed by atoms with E-state index in [1.54, 1.807) is 7.11 Å². The molecule has 5 heteroatoms. The van der Waals surface area contributed by atoms with Gasteiger partial charge in [0.05, 0.1) is 17.8 Å². The summed E-state index contributed by atoms with van der Waals surface area (Å²) in [4.78, 5) is 0. The third-order valence-corrected chi connectivity index (χ3v) is 4.43. The van der Waals surface area contributed by atoms with Gasteiger partial charge in [0.25, 0.3) is 0 Å². The average Bonchev–Trinajstić information content (AvgIpc) is 2.66. The molecule has 0 amide bonds. The van der Waals surface area contributed by atoms with E-state index >= 15 is 0 Å². The lowest BCUT2D eigenvalue weighted by molar-refractivity contribution is 0.284. The molecule has 0 atom stereocenters. The molecule has 3 nitrogen and oxygen atoms in total. The normalized spacial score (nSPS) is 10.4. The van der Waals surface area contributed by atoms with Crippen LogP contribution < -0.4 is 14.8 Å². The molecule has 3 aromatic carbocycles. The maximum Gasteiger partial charge on any atom is 0.161 e. The third kappa shape index (κ3) is 4.84. The Hall–Kier alpha value is -2.36. The van der Waals surface area contributed by atoms with Gasteiger partial charge in [-0.25, -0.2) is 0 Å². The van der Waals surface area contributed by atoms with Gasteiger partial charge in [0, 0.05) is 11.6 Å². The zero-order valence-corrected chi connectivity index (χ0v) is 15.8. The highest BCUT2D eigenvalue weighted by Gasteiger charge is 2.07. The van der Waals surface area contributed by atoms with E-state index in [0.29, 0.717) is 34.7 Å². The van der Waals surface area contributed by atoms with Gasteiger partial charge in [-0.1, -0.05) is 53.5 Å². The first-order chi connectivity index (χ1) is 12.7. The summed E-state index contributed by atoms with van der Waals surface area (Å²) in [5, 5.41) is 4.71. The van der Waals surface area contributed by atoms with Gasteiger partial charge in [0.15, 0.2) is 11.5 Å². The van der Waals surface area contributed by atoms with Gasteiger partial charge < -0.3 is 14.8 Å². The molecule has 0 heterocycles. The number of anilines is 1. The van der Waals surface area contributed by atoms with E-state index in [0.717, 1.165) is 16.8 Å². The van der Waals surface area contributed by atoms with Crippen LogP contribution in [0.5, 0.6) is 11.5 Å². The zero-order valence-electron chi connectivity index (χ0n) is 14.3. The lowest BCUT2D eigenvalue weighted by Crippen LogP contribution is -2.02. The van der Waals surface area contributed by atoms with E-state index in [-0.39, 0.29) is 0 Å². The molecule has 0 aliphatic carbocycles. The SMILES string of the molecule is COc1cc(CNc2ccccc2Cl)ccc1OCc1cccc(Cl)c1. The van der Waals surface area contributed by atoms with Crippen molar-refractivity contribution >= 4 is 28.9 Å². The summed E-state index contributed by atoms with van der Waals surface area (Å²) >= 11 is 12.2. The molecular formula is C21H19Cl2NO2. The Morgan fingerprint density at radius 3 is 2.46 bits per heavy atom. The standard InChI is InChI=1S/C21H19Cl2NO2/c1-25-21-12-15(13-24-19-8-3-2-7-18(19)23)9-10-20(21)26-14-16-5-4-6-17(22)11-16/h2-12,24H,13-14H2,1H3. The molecule has 3 aromatic rings. The van der Waals surface area contributed by atoms with Gasteiger partial charge in [0.1, 0.15) is 6.61 Å². The van der Waals surface area contributed by atoms with Gasteiger partial charge in [-0.05, 0) is 47.5 Å². The second kappa shape index (κ2) is 8.84. The number of benzene rings is 3.